The molecule has 12 saturated carbocycles. The maximum absolute atomic E-state index is 16.5. The minimum atomic E-state index is -4.17. The number of hydrogen-bond acceptors (Lipinski definition) is 22. The quantitative estimate of drug-likeness (QED) is 0.0209. The Morgan fingerprint density at radius 3 is 1.19 bits per heavy atom. The summed E-state index contributed by atoms with van der Waals surface area (Å²) in [6.45, 7) is 8.23. The topological polar surface area (TPSA) is 339 Å². The molecule has 12 aromatic rings. The molecule has 0 spiro atoms. The number of rotatable bonds is 22. The number of H-pyrrole nitrogens is 1. The molecule has 12 aliphatic carbocycles. The van der Waals surface area contributed by atoms with Crippen LogP contribution in [-0.4, -0.2) is 131 Å². The Balaban J connectivity index is 0.000000141. The van der Waals surface area contributed by atoms with E-state index in [4.69, 9.17) is 54.0 Å². The summed E-state index contributed by atoms with van der Waals surface area (Å²) in [4.78, 5) is 108. The van der Waals surface area contributed by atoms with E-state index in [1.807, 2.05) is 13.8 Å². The standard InChI is InChI=1S/C35H33F2N5O4S.C26H23F2N5O2.C21H23ClFN3O2.C16H19Cl2FN2O2.2CH4/c1-3-46-35(43)30-22-8-6-21(7-9-22)26(30)17-29-31(37)32(23-12-14-38-15-13-23)41-33(40-29)28-19-42(34-27(28)16-24(36)18-39-34)47(44,45)25-10-4-20(2)5-11-25;27-16-9-18-19(12-31-24(18)30-11-16)25-32-20(22(28)23(33-25)15-5-7-29-8-6-15)10-17-13-1-3-14(4-2-13)21(17)26(34)35;1-2-28-20(27)17-13-5-3-12(4-6-13)15(17)11-16-18(23)19(26-21(22)25-16)14-7-9-24-10-8-14;1-2-23-15(22)12-9-5-3-8(4-6-9)10(12)7-11-13(19)14(17)21-16(18)20-11;;/h4-5,10-16,18-19,21-22,26,30H,3,6-9,17H2,1-2H3;5-9,11-14,17,21H,1-4,10H2,(H,30,31)(H,34,35);7-10,12-13,15,17H,2-6,11H2,1H3;8-10,12H,2-7H2,1H3;2*1H4/t21?,22?,26-,30-;13?,14?,17-,21-;12?,13?,15-,17-;8?,9?,10-,12-;;/m0000../s1. The van der Waals surface area contributed by atoms with Crippen molar-refractivity contribution in [3.8, 4) is 56.5 Å². The van der Waals surface area contributed by atoms with Crippen LogP contribution in [0.25, 0.3) is 78.6 Å². The first kappa shape index (κ1) is 98.2. The van der Waals surface area contributed by atoms with Crippen LogP contribution >= 0.6 is 34.8 Å². The highest BCUT2D eigenvalue weighted by Gasteiger charge is 2.53. The summed E-state index contributed by atoms with van der Waals surface area (Å²) in [5.41, 5.74) is 4.62. The third kappa shape index (κ3) is 20.6. The Bertz CT molecular complexity index is 6410. The van der Waals surface area contributed by atoms with Gasteiger partial charge in [-0.15, -0.1) is 0 Å². The lowest BCUT2D eigenvalue weighted by molar-refractivity contribution is -0.159. The van der Waals surface area contributed by atoms with Crippen molar-refractivity contribution in [2.75, 3.05) is 19.8 Å². The maximum atomic E-state index is 16.5. The minimum Gasteiger partial charge on any atom is -0.481 e. The summed E-state index contributed by atoms with van der Waals surface area (Å²) < 4.78 is 135. The molecule has 12 aliphatic rings. The molecular formula is C100H106Cl3F6N15O10S. The number of aromatic nitrogens is 15. The molecule has 135 heavy (non-hydrogen) atoms. The number of esters is 3. The van der Waals surface area contributed by atoms with Crippen molar-refractivity contribution in [1.82, 2.24) is 73.7 Å². The van der Waals surface area contributed by atoms with E-state index >= 15 is 13.2 Å². The van der Waals surface area contributed by atoms with Gasteiger partial charge in [-0.3, -0.25) is 34.1 Å². The predicted octanol–water partition coefficient (Wildman–Crippen LogP) is 21.4. The number of ether oxygens (including phenoxy) is 3. The molecule has 8 bridgehead atoms. The number of carboxylic acid groups (broad SMARTS) is 1. The number of aromatic amines is 1. The normalized spacial score (nSPS) is 23.9. The summed E-state index contributed by atoms with van der Waals surface area (Å²) >= 11 is 17.7. The summed E-state index contributed by atoms with van der Waals surface area (Å²) in [6.07, 6.45) is 31.4. The molecule has 11 heterocycles. The monoisotopic (exact) mass is 1930 g/mol. The van der Waals surface area contributed by atoms with E-state index in [1.54, 1.807) is 93.4 Å². The van der Waals surface area contributed by atoms with Crippen molar-refractivity contribution in [3.05, 3.63) is 214 Å². The minimum absolute atomic E-state index is 0. The van der Waals surface area contributed by atoms with Crippen LogP contribution < -0.4 is 0 Å². The molecule has 8 atom stereocenters. The van der Waals surface area contributed by atoms with Crippen LogP contribution in [0, 0.1) is 137 Å². The number of halogens is 9. The number of hydrogen-bond donors (Lipinski definition) is 2. The fourth-order valence-electron chi connectivity index (χ4n) is 22.7. The van der Waals surface area contributed by atoms with Gasteiger partial charge in [0.25, 0.3) is 10.0 Å². The Morgan fingerprint density at radius 1 is 0.437 bits per heavy atom. The molecule has 0 aliphatic heterocycles. The van der Waals surface area contributed by atoms with Gasteiger partial charge in [-0.2, -0.15) is 0 Å². The molecule has 12 fully saturated rings. The van der Waals surface area contributed by atoms with Gasteiger partial charge in [0, 0.05) is 88.2 Å². The number of fused-ring (bicyclic) bond motifs is 14. The van der Waals surface area contributed by atoms with E-state index in [0.29, 0.717) is 83.0 Å². The zero-order valence-electron chi connectivity index (χ0n) is 73.4. The SMILES string of the molecule is C.C.CCOC(=O)[C@H]1C2CCC(CC2)[C@@H]1Cc1nc(-c2cn(S(=O)(=O)c3ccc(C)cc3)c3ncc(F)cc23)nc(-c2ccncc2)c1F.CCOC(=O)[C@H]1C2CCC(CC2)[C@@H]1Cc1nc(Cl)nc(-c2ccncc2)c1F.CCOC(=O)[C@H]1C2CCC(CC2)[C@@H]1Cc1nc(Cl)nc(Cl)c1F.O=C(O)[C@H]1C2CCC(CC2)[C@@H]1Cc1nc(-c2c[nH]c3ncc(F)cc23)nc(-c2ccncc2)c1F. The number of aliphatic carboxylic acids is 1. The zero-order chi connectivity index (χ0) is 93.2. The van der Waals surface area contributed by atoms with Crippen LogP contribution in [0.4, 0.5) is 26.3 Å². The molecule has 11 aromatic heterocycles. The van der Waals surface area contributed by atoms with Gasteiger partial charge in [0.05, 0.1) is 83.6 Å². The second-order valence-corrected chi connectivity index (χ2v) is 38.8. The highest BCUT2D eigenvalue weighted by molar-refractivity contribution is 7.90. The van der Waals surface area contributed by atoms with Crippen molar-refractivity contribution in [1.29, 1.82) is 0 Å². The highest BCUT2D eigenvalue weighted by Crippen LogP contribution is 2.56. The number of carboxylic acids is 1. The van der Waals surface area contributed by atoms with Gasteiger partial charge in [-0.05, 0) is 311 Å². The van der Waals surface area contributed by atoms with Crippen LogP contribution in [0.5, 0.6) is 0 Å². The van der Waals surface area contributed by atoms with Gasteiger partial charge in [0.1, 0.15) is 34.4 Å². The summed E-state index contributed by atoms with van der Waals surface area (Å²) in [7, 11) is -4.17. The van der Waals surface area contributed by atoms with Crippen LogP contribution in [0.2, 0.25) is 15.7 Å². The van der Waals surface area contributed by atoms with E-state index in [-0.39, 0.29) is 206 Å². The lowest BCUT2D eigenvalue weighted by Crippen LogP contribution is -2.45. The van der Waals surface area contributed by atoms with Crippen LogP contribution in [0.3, 0.4) is 0 Å². The van der Waals surface area contributed by atoms with Crippen LogP contribution in [-0.2, 0) is 69.1 Å². The molecule has 0 amide bonds. The number of pyridine rings is 5. The van der Waals surface area contributed by atoms with Crippen LogP contribution in [0.15, 0.2) is 140 Å². The molecule has 1 aromatic carbocycles. The first-order valence-electron chi connectivity index (χ1n) is 45.5. The van der Waals surface area contributed by atoms with Gasteiger partial charge in [-0.1, -0.05) is 44.2 Å². The highest BCUT2D eigenvalue weighted by atomic mass is 35.5. The summed E-state index contributed by atoms with van der Waals surface area (Å²) in [5.74, 6) is -4.10. The van der Waals surface area contributed by atoms with Gasteiger partial charge in [-0.25, -0.2) is 88.6 Å². The number of nitrogens with zero attached hydrogens (tertiary/aromatic N) is 14. The van der Waals surface area contributed by atoms with E-state index in [0.717, 1.165) is 125 Å². The Hall–Kier alpha value is -11.4. The number of benzene rings is 1. The number of carbonyl (C=O) groups excluding carboxylic acids is 3. The van der Waals surface area contributed by atoms with Crippen molar-refractivity contribution in [2.24, 2.45) is 94.7 Å². The summed E-state index contributed by atoms with van der Waals surface area (Å²) in [5, 5.41) is 10.3. The average Bonchev–Trinajstić information content (AvgIpc) is 1.53. The Kier molecular flexibility index (Phi) is 30.9. The molecular weight excluding hydrogens is 1820 g/mol. The lowest BCUT2D eigenvalue weighted by Gasteiger charge is -2.47. The van der Waals surface area contributed by atoms with Crippen molar-refractivity contribution >= 4 is 90.8 Å². The smallest absolute Gasteiger partial charge is 0.309 e. The van der Waals surface area contributed by atoms with Gasteiger partial charge >= 0.3 is 23.9 Å². The van der Waals surface area contributed by atoms with Gasteiger partial charge < -0.3 is 24.3 Å². The van der Waals surface area contributed by atoms with E-state index in [2.05, 4.69) is 64.8 Å². The number of nitrogens with one attached hydrogen (secondary N) is 1. The van der Waals surface area contributed by atoms with Crippen molar-refractivity contribution in [3.63, 3.8) is 0 Å². The predicted molar refractivity (Wildman–Crippen MR) is 496 cm³/mol. The zero-order valence-corrected chi connectivity index (χ0v) is 76.5. The van der Waals surface area contributed by atoms with Crippen molar-refractivity contribution < 1.29 is 73.3 Å². The van der Waals surface area contributed by atoms with Gasteiger partial charge in [0.15, 0.2) is 45.7 Å². The van der Waals surface area contributed by atoms with E-state index < -0.39 is 56.8 Å². The molecule has 2 N–H and O–H groups in total. The Morgan fingerprint density at radius 2 is 0.785 bits per heavy atom. The van der Waals surface area contributed by atoms with E-state index in [9.17, 15) is 45.9 Å². The molecule has 0 radical (unpaired) electrons. The van der Waals surface area contributed by atoms with Gasteiger partial charge in [0.2, 0.25) is 10.6 Å². The second kappa shape index (κ2) is 42.5. The number of aryl methyl sites for hydroxylation is 1. The second-order valence-electron chi connectivity index (χ2n) is 36.0. The third-order valence-corrected chi connectivity index (χ3v) is 31.1. The fourth-order valence-corrected chi connectivity index (χ4v) is 24.7. The van der Waals surface area contributed by atoms with E-state index in [1.165, 1.54) is 42.9 Å². The van der Waals surface area contributed by atoms with Crippen molar-refractivity contribution in [2.45, 2.75) is 176 Å². The maximum Gasteiger partial charge on any atom is 0.309 e. The molecule has 25 nitrogen and oxygen atoms in total. The summed E-state index contributed by atoms with van der Waals surface area (Å²) in [6, 6.07) is 18.8. The number of carbonyl (C=O) groups is 4. The molecule has 35 heteroatoms. The molecule has 0 unspecified atom stereocenters. The first-order chi connectivity index (χ1) is 64.2. The first-order valence-corrected chi connectivity index (χ1v) is 48.1. The Labute approximate surface area is 793 Å². The molecule has 24 rings (SSSR count). The molecule has 710 valence electrons. The molecule has 0 saturated heterocycles. The van der Waals surface area contributed by atoms with Crippen LogP contribution in [0.1, 0.15) is 167 Å². The average molecular weight is 1930 g/mol. The largest absolute Gasteiger partial charge is 0.481 e. The fraction of sp³-hybridized carbons (Fsp3) is 0.450. The lowest BCUT2D eigenvalue weighted by atomic mass is 9.57. The third-order valence-electron chi connectivity index (χ3n) is 28.8.